The first-order valence-electron chi connectivity index (χ1n) is 4.65. The Morgan fingerprint density at radius 1 is 1.41 bits per heavy atom. The molecule has 17 heavy (non-hydrogen) atoms. The van der Waals surface area contributed by atoms with Gasteiger partial charge >= 0.3 is 0 Å². The number of non-ortho nitro benzene ring substituents is 1. The zero-order chi connectivity index (χ0) is 12.6. The normalized spacial score (nSPS) is 11.8. The van der Waals surface area contributed by atoms with Crippen LogP contribution in [-0.2, 0) is 10.0 Å². The van der Waals surface area contributed by atoms with Crippen LogP contribution in [0.4, 0.5) is 5.69 Å². The molecule has 0 radical (unpaired) electrons. The van der Waals surface area contributed by atoms with E-state index in [-0.39, 0.29) is 10.6 Å². The van der Waals surface area contributed by atoms with E-state index in [4.69, 9.17) is 0 Å². The van der Waals surface area contributed by atoms with Crippen molar-refractivity contribution in [2.45, 2.75) is 4.90 Å². The first-order chi connectivity index (χ1) is 7.95. The Kier molecular flexibility index (Phi) is 2.60. The second-order valence-corrected chi connectivity index (χ2v) is 5.20. The molecular weight excluding hydrogens is 246 g/mol. The zero-order valence-electron chi connectivity index (χ0n) is 8.80. The number of hydrogen-bond acceptors (Lipinski definition) is 4. The summed E-state index contributed by atoms with van der Waals surface area (Å²) < 4.78 is 25.5. The summed E-state index contributed by atoms with van der Waals surface area (Å²) in [5.41, 5.74) is 0.320. The largest absolute Gasteiger partial charge is 0.360 e. The average Bonchev–Trinajstić information content (AvgIpc) is 2.72. The van der Waals surface area contributed by atoms with E-state index < -0.39 is 14.9 Å². The van der Waals surface area contributed by atoms with Crippen LogP contribution in [0, 0.1) is 10.1 Å². The van der Waals surface area contributed by atoms with Gasteiger partial charge in [-0.2, -0.15) is 0 Å². The van der Waals surface area contributed by atoms with E-state index in [1.165, 1.54) is 31.4 Å². The third kappa shape index (κ3) is 1.87. The molecule has 1 heterocycles. The summed E-state index contributed by atoms with van der Waals surface area (Å²) >= 11 is 0. The van der Waals surface area contributed by atoms with Gasteiger partial charge in [-0.3, -0.25) is 10.1 Å². The smallest absolute Gasteiger partial charge is 0.271 e. The molecule has 8 heteroatoms. The highest BCUT2D eigenvalue weighted by Crippen LogP contribution is 2.25. The molecule has 0 aliphatic carbocycles. The second kappa shape index (κ2) is 3.82. The lowest BCUT2D eigenvalue weighted by Crippen LogP contribution is -2.18. The maximum atomic E-state index is 11.6. The van der Waals surface area contributed by atoms with Gasteiger partial charge in [0.25, 0.3) is 5.69 Å². The lowest BCUT2D eigenvalue weighted by atomic mass is 10.2. The molecule has 0 saturated carbocycles. The van der Waals surface area contributed by atoms with E-state index in [0.29, 0.717) is 10.9 Å². The standard InChI is InChI=1S/C9H9N3O4S/c1-10-17(15,16)9-5-11-8-4-6(12(13)14)2-3-7(8)9/h2-5,10-11H,1H3. The molecule has 0 atom stereocenters. The fourth-order valence-corrected chi connectivity index (χ4v) is 2.43. The number of nitrogens with one attached hydrogen (secondary N) is 2. The average molecular weight is 255 g/mol. The number of fused-ring (bicyclic) bond motifs is 1. The highest BCUT2D eigenvalue weighted by molar-refractivity contribution is 7.89. The molecule has 90 valence electrons. The first kappa shape index (κ1) is 11.6. The third-order valence-electron chi connectivity index (χ3n) is 2.40. The number of nitro benzene ring substituents is 1. The molecule has 0 aliphatic rings. The summed E-state index contributed by atoms with van der Waals surface area (Å²) in [5, 5.41) is 11.0. The van der Waals surface area contributed by atoms with Gasteiger partial charge in [0.2, 0.25) is 10.0 Å². The molecule has 0 saturated heterocycles. The van der Waals surface area contributed by atoms with Gasteiger partial charge in [0.05, 0.1) is 10.4 Å². The fraction of sp³-hybridized carbons (Fsp3) is 0.111. The molecule has 1 aromatic carbocycles. The molecule has 0 fully saturated rings. The summed E-state index contributed by atoms with van der Waals surface area (Å²) in [6.07, 6.45) is 1.31. The summed E-state index contributed by atoms with van der Waals surface area (Å²) in [5.74, 6) is 0. The van der Waals surface area contributed by atoms with Crippen molar-refractivity contribution in [3.8, 4) is 0 Å². The number of benzene rings is 1. The number of sulfonamides is 1. The Balaban J connectivity index is 2.68. The molecule has 1 aromatic heterocycles. The van der Waals surface area contributed by atoms with Crippen molar-refractivity contribution in [2.75, 3.05) is 7.05 Å². The molecule has 0 spiro atoms. The van der Waals surface area contributed by atoms with Crippen LogP contribution in [-0.4, -0.2) is 25.4 Å². The van der Waals surface area contributed by atoms with Gasteiger partial charge < -0.3 is 4.98 Å². The molecule has 2 N–H and O–H groups in total. The fourth-order valence-electron chi connectivity index (χ4n) is 1.53. The predicted octanol–water partition coefficient (Wildman–Crippen LogP) is 0.984. The lowest BCUT2D eigenvalue weighted by molar-refractivity contribution is -0.384. The van der Waals surface area contributed by atoms with Gasteiger partial charge in [-0.1, -0.05) is 0 Å². The number of aromatic nitrogens is 1. The van der Waals surface area contributed by atoms with Gasteiger partial charge in [0, 0.05) is 23.7 Å². The van der Waals surface area contributed by atoms with Crippen molar-refractivity contribution in [3.63, 3.8) is 0 Å². The lowest BCUT2D eigenvalue weighted by Gasteiger charge is -1.99. The van der Waals surface area contributed by atoms with Crippen LogP contribution >= 0.6 is 0 Å². The van der Waals surface area contributed by atoms with Gasteiger partial charge in [0.1, 0.15) is 4.90 Å². The van der Waals surface area contributed by atoms with Crippen LogP contribution in [0.5, 0.6) is 0 Å². The van der Waals surface area contributed by atoms with Gasteiger partial charge in [-0.25, -0.2) is 13.1 Å². The van der Waals surface area contributed by atoms with E-state index in [9.17, 15) is 18.5 Å². The second-order valence-electron chi connectivity index (χ2n) is 3.35. The topological polar surface area (TPSA) is 105 Å². The maximum absolute atomic E-state index is 11.6. The van der Waals surface area contributed by atoms with Crippen LogP contribution < -0.4 is 4.72 Å². The molecular formula is C9H9N3O4S. The minimum Gasteiger partial charge on any atom is -0.360 e. The van der Waals surface area contributed by atoms with Gasteiger partial charge in [0.15, 0.2) is 0 Å². The number of H-pyrrole nitrogens is 1. The Morgan fingerprint density at radius 2 is 2.12 bits per heavy atom. The van der Waals surface area contributed by atoms with Gasteiger partial charge in [-0.15, -0.1) is 0 Å². The monoisotopic (exact) mass is 255 g/mol. The van der Waals surface area contributed by atoms with Gasteiger partial charge in [-0.05, 0) is 13.1 Å². The highest BCUT2D eigenvalue weighted by Gasteiger charge is 2.18. The number of aromatic amines is 1. The summed E-state index contributed by atoms with van der Waals surface area (Å²) in [7, 11) is -2.26. The third-order valence-corrected chi connectivity index (χ3v) is 3.85. The summed E-state index contributed by atoms with van der Waals surface area (Å²) in [6.45, 7) is 0. The van der Waals surface area contributed by atoms with Crippen molar-refractivity contribution >= 4 is 26.6 Å². The molecule has 2 rings (SSSR count). The number of hydrogen-bond donors (Lipinski definition) is 2. The molecule has 2 aromatic rings. The SMILES string of the molecule is CNS(=O)(=O)c1c[nH]c2cc([N+](=O)[O-])ccc12. The van der Waals surface area contributed by atoms with Crippen LogP contribution in [0.1, 0.15) is 0 Å². The molecule has 0 amide bonds. The number of nitro groups is 1. The molecule has 0 unspecified atom stereocenters. The zero-order valence-corrected chi connectivity index (χ0v) is 9.61. The molecule has 0 aliphatic heterocycles. The Bertz CT molecular complexity index is 689. The minimum atomic E-state index is -3.57. The first-order valence-corrected chi connectivity index (χ1v) is 6.13. The van der Waals surface area contributed by atoms with Crippen LogP contribution in [0.2, 0.25) is 0 Å². The van der Waals surface area contributed by atoms with Crippen molar-refractivity contribution in [1.29, 1.82) is 0 Å². The molecule has 0 bridgehead atoms. The highest BCUT2D eigenvalue weighted by atomic mass is 32.2. The molecule has 7 nitrogen and oxygen atoms in total. The summed E-state index contributed by atoms with van der Waals surface area (Å²) in [4.78, 5) is 12.8. The number of rotatable bonds is 3. The van der Waals surface area contributed by atoms with E-state index >= 15 is 0 Å². The van der Waals surface area contributed by atoms with Crippen molar-refractivity contribution in [3.05, 3.63) is 34.5 Å². The van der Waals surface area contributed by atoms with Crippen molar-refractivity contribution < 1.29 is 13.3 Å². The van der Waals surface area contributed by atoms with Crippen LogP contribution in [0.15, 0.2) is 29.3 Å². The van der Waals surface area contributed by atoms with Crippen LogP contribution in [0.3, 0.4) is 0 Å². The Morgan fingerprint density at radius 3 is 2.71 bits per heavy atom. The Labute approximate surface area is 96.7 Å². The predicted molar refractivity (Wildman–Crippen MR) is 61.2 cm³/mol. The van der Waals surface area contributed by atoms with E-state index in [1.54, 1.807) is 0 Å². The van der Waals surface area contributed by atoms with E-state index in [2.05, 4.69) is 9.71 Å². The van der Waals surface area contributed by atoms with Crippen molar-refractivity contribution in [1.82, 2.24) is 9.71 Å². The Hall–Kier alpha value is -1.93. The van der Waals surface area contributed by atoms with Crippen LogP contribution in [0.25, 0.3) is 10.9 Å². The van der Waals surface area contributed by atoms with E-state index in [1.807, 2.05) is 0 Å². The maximum Gasteiger partial charge on any atom is 0.271 e. The van der Waals surface area contributed by atoms with E-state index in [0.717, 1.165) is 0 Å². The minimum absolute atomic E-state index is 0.0740. The number of nitrogens with zero attached hydrogens (tertiary/aromatic N) is 1. The summed E-state index contributed by atoms with van der Waals surface area (Å²) in [6, 6.07) is 3.98. The quantitative estimate of drug-likeness (QED) is 0.630. The van der Waals surface area contributed by atoms with Crippen molar-refractivity contribution in [2.24, 2.45) is 0 Å².